The first kappa shape index (κ1) is 14.6. The molecular weight excluding hydrogens is 270 g/mol. The van der Waals surface area contributed by atoms with Crippen LogP contribution in [0.5, 0.6) is 0 Å². The van der Waals surface area contributed by atoms with Crippen molar-refractivity contribution in [2.75, 3.05) is 19.6 Å². The molecule has 0 aromatic heterocycles. The number of carbonyl (C=O) groups is 2. The van der Waals surface area contributed by atoms with Crippen LogP contribution in [-0.4, -0.2) is 58.6 Å². The van der Waals surface area contributed by atoms with E-state index in [9.17, 15) is 14.7 Å². The van der Waals surface area contributed by atoms with Crippen molar-refractivity contribution in [3.63, 3.8) is 0 Å². The van der Waals surface area contributed by atoms with Crippen molar-refractivity contribution in [1.82, 2.24) is 9.80 Å². The van der Waals surface area contributed by atoms with Gasteiger partial charge in [0.1, 0.15) is 6.04 Å². The number of aliphatic carboxylic acids is 1. The fraction of sp³-hybridized carbons (Fsp3) is 0.867. The van der Waals surface area contributed by atoms with Crippen LogP contribution in [0.15, 0.2) is 0 Å². The molecule has 3 fully saturated rings. The van der Waals surface area contributed by atoms with Crippen LogP contribution in [0.25, 0.3) is 0 Å². The highest BCUT2D eigenvalue weighted by Gasteiger charge is 2.49. The van der Waals surface area contributed by atoms with Gasteiger partial charge in [0.05, 0.1) is 0 Å². The van der Waals surface area contributed by atoms with Crippen LogP contribution in [0.4, 0.5) is 4.79 Å². The van der Waals surface area contributed by atoms with Gasteiger partial charge in [0.15, 0.2) is 0 Å². The molecule has 4 atom stereocenters. The van der Waals surface area contributed by atoms with Crippen LogP contribution in [0.2, 0.25) is 0 Å². The van der Waals surface area contributed by atoms with Gasteiger partial charge in [-0.25, -0.2) is 9.59 Å². The largest absolute Gasteiger partial charge is 0.480 e. The van der Waals surface area contributed by atoms with E-state index in [4.69, 9.17) is 5.73 Å². The molecule has 2 amide bonds. The number of amides is 2. The summed E-state index contributed by atoms with van der Waals surface area (Å²) in [6.45, 7) is 1.98. The second-order valence-corrected chi connectivity index (χ2v) is 6.73. The van der Waals surface area contributed by atoms with E-state index in [2.05, 4.69) is 0 Å². The Hall–Kier alpha value is -1.30. The maximum atomic E-state index is 12.8. The SMILES string of the molecule is NCC1CCN(C(=O)N2C(C(=O)O)CC3CCCCC32)C1. The van der Waals surface area contributed by atoms with Crippen molar-refractivity contribution in [2.24, 2.45) is 17.6 Å². The molecule has 6 nitrogen and oxygen atoms in total. The van der Waals surface area contributed by atoms with E-state index < -0.39 is 12.0 Å². The number of carbonyl (C=O) groups excluding carboxylic acids is 1. The molecule has 21 heavy (non-hydrogen) atoms. The zero-order valence-electron chi connectivity index (χ0n) is 12.4. The van der Waals surface area contributed by atoms with Gasteiger partial charge in [0.2, 0.25) is 0 Å². The zero-order chi connectivity index (χ0) is 15.0. The molecule has 2 saturated heterocycles. The summed E-state index contributed by atoms with van der Waals surface area (Å²) in [7, 11) is 0. The predicted molar refractivity (Wildman–Crippen MR) is 77.8 cm³/mol. The Kier molecular flexibility index (Phi) is 4.06. The van der Waals surface area contributed by atoms with Gasteiger partial charge >= 0.3 is 12.0 Å². The standard InChI is InChI=1S/C15H25N3O3/c16-8-10-5-6-17(9-10)15(21)18-12-4-2-1-3-11(12)7-13(18)14(19)20/h10-13H,1-9,16H2,(H,19,20). The third-order valence-electron chi connectivity index (χ3n) is 5.48. The lowest BCUT2D eigenvalue weighted by molar-refractivity contribution is -0.141. The molecule has 0 aromatic rings. The lowest BCUT2D eigenvalue weighted by Crippen LogP contribution is -2.51. The molecule has 2 heterocycles. The zero-order valence-corrected chi connectivity index (χ0v) is 12.4. The van der Waals surface area contributed by atoms with Crippen LogP contribution in [-0.2, 0) is 4.79 Å². The molecule has 6 heteroatoms. The summed E-state index contributed by atoms with van der Waals surface area (Å²) >= 11 is 0. The van der Waals surface area contributed by atoms with E-state index in [1.165, 1.54) is 0 Å². The highest BCUT2D eigenvalue weighted by Crippen LogP contribution is 2.40. The number of hydrogen-bond donors (Lipinski definition) is 2. The number of urea groups is 1. The van der Waals surface area contributed by atoms with Crippen LogP contribution < -0.4 is 5.73 Å². The van der Waals surface area contributed by atoms with Crippen molar-refractivity contribution < 1.29 is 14.7 Å². The van der Waals surface area contributed by atoms with Gasteiger partial charge in [-0.3, -0.25) is 0 Å². The summed E-state index contributed by atoms with van der Waals surface area (Å²) in [5, 5.41) is 9.49. The van der Waals surface area contributed by atoms with Crippen LogP contribution in [0.1, 0.15) is 38.5 Å². The molecule has 3 N–H and O–H groups in total. The Balaban J connectivity index is 1.76. The van der Waals surface area contributed by atoms with Crippen molar-refractivity contribution in [3.8, 4) is 0 Å². The van der Waals surface area contributed by atoms with Crippen molar-refractivity contribution in [1.29, 1.82) is 0 Å². The first-order chi connectivity index (χ1) is 10.1. The number of likely N-dealkylation sites (tertiary alicyclic amines) is 2. The maximum Gasteiger partial charge on any atom is 0.326 e. The first-order valence-electron chi connectivity index (χ1n) is 8.12. The van der Waals surface area contributed by atoms with Gasteiger partial charge < -0.3 is 20.6 Å². The molecule has 0 radical (unpaired) electrons. The smallest absolute Gasteiger partial charge is 0.326 e. The lowest BCUT2D eigenvalue weighted by Gasteiger charge is -2.35. The van der Waals surface area contributed by atoms with Gasteiger partial charge in [-0.15, -0.1) is 0 Å². The number of carboxylic acids is 1. The number of nitrogens with zero attached hydrogens (tertiary/aromatic N) is 2. The average molecular weight is 295 g/mol. The summed E-state index contributed by atoms with van der Waals surface area (Å²) in [6, 6.07) is -0.584. The minimum Gasteiger partial charge on any atom is -0.480 e. The van der Waals surface area contributed by atoms with Crippen molar-refractivity contribution >= 4 is 12.0 Å². The van der Waals surface area contributed by atoms with Crippen LogP contribution in [0.3, 0.4) is 0 Å². The molecule has 3 rings (SSSR count). The predicted octanol–water partition coefficient (Wildman–Crippen LogP) is 1.10. The van der Waals surface area contributed by atoms with Crippen LogP contribution >= 0.6 is 0 Å². The van der Waals surface area contributed by atoms with E-state index in [0.29, 0.717) is 37.9 Å². The monoisotopic (exact) mass is 295 g/mol. The summed E-state index contributed by atoms with van der Waals surface area (Å²) in [5.74, 6) is -0.119. The van der Waals surface area contributed by atoms with Crippen LogP contribution in [0, 0.1) is 11.8 Å². The minimum atomic E-state index is -0.854. The third-order valence-corrected chi connectivity index (χ3v) is 5.48. The molecule has 4 unspecified atom stereocenters. The summed E-state index contributed by atoms with van der Waals surface area (Å²) in [6.07, 6.45) is 5.83. The minimum absolute atomic E-state index is 0.0762. The van der Waals surface area contributed by atoms with E-state index >= 15 is 0 Å². The number of carboxylic acid groups (broad SMARTS) is 1. The maximum absolute atomic E-state index is 12.8. The normalized spacial score (nSPS) is 35.9. The number of hydrogen-bond acceptors (Lipinski definition) is 3. The third kappa shape index (κ3) is 2.61. The number of fused-ring (bicyclic) bond motifs is 1. The fourth-order valence-corrected chi connectivity index (χ4v) is 4.32. The molecule has 0 aromatic carbocycles. The van der Waals surface area contributed by atoms with E-state index in [-0.39, 0.29) is 12.1 Å². The molecule has 1 aliphatic carbocycles. The summed E-state index contributed by atoms with van der Waals surface area (Å²) in [4.78, 5) is 27.9. The molecule has 118 valence electrons. The van der Waals surface area contributed by atoms with E-state index in [1.54, 1.807) is 4.90 Å². The highest BCUT2D eigenvalue weighted by molar-refractivity contribution is 5.84. The number of rotatable bonds is 2. The highest BCUT2D eigenvalue weighted by atomic mass is 16.4. The Morgan fingerprint density at radius 1 is 1.19 bits per heavy atom. The van der Waals surface area contributed by atoms with Gasteiger partial charge in [-0.1, -0.05) is 12.8 Å². The Labute approximate surface area is 125 Å². The second-order valence-electron chi connectivity index (χ2n) is 6.73. The summed E-state index contributed by atoms with van der Waals surface area (Å²) < 4.78 is 0. The summed E-state index contributed by atoms with van der Waals surface area (Å²) in [5.41, 5.74) is 5.69. The molecule has 1 saturated carbocycles. The molecule has 2 aliphatic heterocycles. The van der Waals surface area contributed by atoms with Gasteiger partial charge in [0.25, 0.3) is 0 Å². The van der Waals surface area contributed by atoms with E-state index in [1.807, 2.05) is 4.90 Å². The first-order valence-corrected chi connectivity index (χ1v) is 8.12. The topological polar surface area (TPSA) is 86.9 Å². The molecule has 0 bridgehead atoms. The van der Waals surface area contributed by atoms with Gasteiger partial charge in [-0.2, -0.15) is 0 Å². The number of nitrogens with two attached hydrogens (primary N) is 1. The Morgan fingerprint density at radius 2 is 1.95 bits per heavy atom. The van der Waals surface area contributed by atoms with Crippen molar-refractivity contribution in [3.05, 3.63) is 0 Å². The lowest BCUT2D eigenvalue weighted by atomic mass is 9.85. The van der Waals surface area contributed by atoms with E-state index in [0.717, 1.165) is 32.1 Å². The molecule has 0 spiro atoms. The van der Waals surface area contributed by atoms with Gasteiger partial charge in [0, 0.05) is 19.1 Å². The van der Waals surface area contributed by atoms with Gasteiger partial charge in [-0.05, 0) is 44.1 Å². The average Bonchev–Trinajstić information content (AvgIpc) is 3.11. The Morgan fingerprint density at radius 3 is 2.62 bits per heavy atom. The molecule has 3 aliphatic rings. The quantitative estimate of drug-likeness (QED) is 0.799. The second kappa shape index (κ2) is 5.83. The molecular formula is C15H25N3O3. The fourth-order valence-electron chi connectivity index (χ4n) is 4.32. The Bertz CT molecular complexity index is 428. The van der Waals surface area contributed by atoms with Crippen molar-refractivity contribution in [2.45, 2.75) is 50.6 Å².